The lowest BCUT2D eigenvalue weighted by atomic mass is 9.79. The lowest BCUT2D eigenvalue weighted by molar-refractivity contribution is -0.170. The number of hydrogen-bond donors (Lipinski definition) is 6. The number of carbonyl (C=O) groups excluding carboxylic acids is 1. The molecule has 3 rings (SSSR count). The molecular formula is C30H43N3O9. The molecule has 6 N–H and O–H groups in total. The molecule has 12 nitrogen and oxygen atoms in total. The molecule has 1 aliphatic heterocycles. The van der Waals surface area contributed by atoms with Gasteiger partial charge in [0.1, 0.15) is 11.5 Å². The highest BCUT2D eigenvalue weighted by Gasteiger charge is 2.41. The molecule has 0 atom stereocenters. The number of benzene rings is 1. The number of amides is 1. The number of furan rings is 1. The van der Waals surface area contributed by atoms with Crippen LogP contribution in [0.4, 0.5) is 5.69 Å². The summed E-state index contributed by atoms with van der Waals surface area (Å²) in [7, 11) is 0. The molecule has 1 amide bonds. The van der Waals surface area contributed by atoms with Crippen LogP contribution >= 0.6 is 0 Å². The van der Waals surface area contributed by atoms with Crippen molar-refractivity contribution >= 4 is 29.5 Å². The molecule has 2 heterocycles. The summed E-state index contributed by atoms with van der Waals surface area (Å²) >= 11 is 0. The second-order valence-electron chi connectivity index (χ2n) is 12.2. The first kappa shape index (κ1) is 34.5. The number of nitrogens with zero attached hydrogens (tertiary/aromatic N) is 1. The molecule has 1 aliphatic rings. The van der Waals surface area contributed by atoms with E-state index in [1.807, 2.05) is 25.1 Å². The van der Waals surface area contributed by atoms with E-state index in [4.69, 9.17) is 24.8 Å². The number of piperidine rings is 1. The molecule has 0 saturated carbocycles. The fourth-order valence-electron chi connectivity index (χ4n) is 5.46. The van der Waals surface area contributed by atoms with E-state index in [1.165, 1.54) is 12.5 Å². The smallest absolute Gasteiger partial charge is 0.336 e. The van der Waals surface area contributed by atoms with Crippen LogP contribution in [0.1, 0.15) is 77.4 Å². The number of carboxylic acid groups (broad SMARTS) is 3. The number of carbonyl (C=O) groups is 4. The van der Waals surface area contributed by atoms with Crippen LogP contribution in [-0.2, 0) is 32.3 Å². The maximum absolute atomic E-state index is 11.3. The number of aryl methyl sites for hydroxylation is 1. The normalized spacial score (nSPS) is 16.3. The van der Waals surface area contributed by atoms with Gasteiger partial charge in [-0.25, -0.2) is 4.79 Å². The van der Waals surface area contributed by atoms with Crippen LogP contribution in [0.5, 0.6) is 0 Å². The third kappa shape index (κ3) is 11.3. The van der Waals surface area contributed by atoms with Crippen molar-refractivity contribution in [3.63, 3.8) is 0 Å². The minimum Gasteiger partial charge on any atom is -0.481 e. The Labute approximate surface area is 245 Å². The first-order valence-corrected chi connectivity index (χ1v) is 13.6. The Bertz CT molecular complexity index is 1220. The van der Waals surface area contributed by atoms with Crippen molar-refractivity contribution in [1.82, 2.24) is 10.2 Å². The van der Waals surface area contributed by atoms with E-state index in [1.54, 1.807) is 0 Å². The van der Waals surface area contributed by atoms with Gasteiger partial charge < -0.3 is 35.5 Å². The second-order valence-corrected chi connectivity index (χ2v) is 12.2. The number of nitrogens with one attached hydrogen (secondary N) is 2. The predicted octanol–water partition coefficient (Wildman–Crippen LogP) is 3.61. The van der Waals surface area contributed by atoms with Crippen molar-refractivity contribution in [2.45, 2.75) is 103 Å². The van der Waals surface area contributed by atoms with Crippen LogP contribution in [0.3, 0.4) is 0 Å². The molecule has 0 unspecified atom stereocenters. The van der Waals surface area contributed by atoms with Gasteiger partial charge in [-0.3, -0.25) is 19.3 Å². The summed E-state index contributed by atoms with van der Waals surface area (Å²) in [6.07, 6.45) is -0.122. The van der Waals surface area contributed by atoms with Crippen molar-refractivity contribution in [2.24, 2.45) is 0 Å². The molecular weight excluding hydrogens is 546 g/mol. The van der Waals surface area contributed by atoms with Crippen molar-refractivity contribution < 1.29 is 44.0 Å². The van der Waals surface area contributed by atoms with Gasteiger partial charge in [0, 0.05) is 36.3 Å². The van der Waals surface area contributed by atoms with Gasteiger partial charge in [0.15, 0.2) is 5.60 Å². The minimum atomic E-state index is -2.74. The first-order valence-electron chi connectivity index (χ1n) is 13.6. The maximum atomic E-state index is 11.3. The van der Waals surface area contributed by atoms with Crippen molar-refractivity contribution in [3.05, 3.63) is 53.5 Å². The van der Waals surface area contributed by atoms with E-state index >= 15 is 0 Å². The van der Waals surface area contributed by atoms with Gasteiger partial charge in [-0.2, -0.15) is 0 Å². The molecule has 1 aromatic carbocycles. The summed E-state index contributed by atoms with van der Waals surface area (Å²) in [5.74, 6) is -3.11. The third-order valence-corrected chi connectivity index (χ3v) is 6.79. The Morgan fingerprint density at radius 2 is 1.45 bits per heavy atom. The number of aliphatic hydroxyl groups is 1. The summed E-state index contributed by atoms with van der Waals surface area (Å²) in [5.41, 5.74) is -0.509. The topological polar surface area (TPSA) is 190 Å². The molecule has 0 bridgehead atoms. The highest BCUT2D eigenvalue weighted by molar-refractivity contribution is 5.89. The zero-order chi connectivity index (χ0) is 31.9. The van der Waals surface area contributed by atoms with Gasteiger partial charge in [0.2, 0.25) is 5.91 Å². The largest absolute Gasteiger partial charge is 0.481 e. The molecule has 42 heavy (non-hydrogen) atoms. The Kier molecular flexibility index (Phi) is 11.4. The van der Waals surface area contributed by atoms with E-state index in [9.17, 15) is 19.2 Å². The van der Waals surface area contributed by atoms with Crippen LogP contribution in [0, 0.1) is 6.92 Å². The Hall–Kier alpha value is -3.74. The number of rotatable bonds is 11. The molecule has 1 saturated heterocycles. The molecule has 232 valence electrons. The lowest BCUT2D eigenvalue weighted by Crippen LogP contribution is -2.62. The molecule has 1 fully saturated rings. The van der Waals surface area contributed by atoms with Gasteiger partial charge in [-0.1, -0.05) is 12.1 Å². The molecule has 1 aromatic heterocycles. The summed E-state index contributed by atoms with van der Waals surface area (Å²) in [6, 6.07) is 12.7. The van der Waals surface area contributed by atoms with E-state index in [-0.39, 0.29) is 17.0 Å². The Balaban J connectivity index is 0.000000401. The lowest BCUT2D eigenvalue weighted by Gasteiger charge is -2.49. The zero-order valence-corrected chi connectivity index (χ0v) is 25.1. The van der Waals surface area contributed by atoms with Crippen LogP contribution < -0.4 is 10.6 Å². The van der Waals surface area contributed by atoms with Crippen molar-refractivity contribution in [1.29, 1.82) is 0 Å². The van der Waals surface area contributed by atoms with Gasteiger partial charge in [-0.05, 0) is 77.3 Å². The van der Waals surface area contributed by atoms with Crippen molar-refractivity contribution in [3.8, 4) is 0 Å². The summed E-state index contributed by atoms with van der Waals surface area (Å²) in [4.78, 5) is 44.3. The number of carboxylic acids is 3. The summed E-state index contributed by atoms with van der Waals surface area (Å²) < 4.78 is 5.90. The van der Waals surface area contributed by atoms with Crippen LogP contribution in [0.25, 0.3) is 0 Å². The highest BCUT2D eigenvalue weighted by Crippen LogP contribution is 2.33. The predicted molar refractivity (Wildman–Crippen MR) is 155 cm³/mol. The average molecular weight is 590 g/mol. The maximum Gasteiger partial charge on any atom is 0.336 e. The fourth-order valence-corrected chi connectivity index (χ4v) is 5.46. The molecule has 0 aliphatic carbocycles. The van der Waals surface area contributed by atoms with Crippen LogP contribution in [-0.4, -0.2) is 71.9 Å². The van der Waals surface area contributed by atoms with E-state index in [0.29, 0.717) is 6.04 Å². The molecule has 2 aromatic rings. The third-order valence-electron chi connectivity index (χ3n) is 6.79. The van der Waals surface area contributed by atoms with E-state index < -0.39 is 36.4 Å². The van der Waals surface area contributed by atoms with Crippen LogP contribution in [0.2, 0.25) is 0 Å². The molecule has 0 spiro atoms. The highest BCUT2D eigenvalue weighted by atomic mass is 16.4. The van der Waals surface area contributed by atoms with E-state index in [2.05, 4.69) is 61.4 Å². The van der Waals surface area contributed by atoms with Gasteiger partial charge in [0.25, 0.3) is 0 Å². The standard InChI is InChI=1S/C24H35N3O2.C6H8O7/c1-17-7-12-22(29-17)16-27(21-13-23(3,4)26-24(5,6)14-21)15-19-8-10-20(11-9-19)25-18(2)28;7-3(8)1-6(13,5(11)12)2-4(9)10/h7-12,21,26H,13-16H2,1-6H3,(H,25,28);13H,1-2H2,(H,7,8)(H,9,10)(H,11,12). The summed E-state index contributed by atoms with van der Waals surface area (Å²) in [6.45, 7) is 14.3. The zero-order valence-electron chi connectivity index (χ0n) is 25.1. The van der Waals surface area contributed by atoms with Gasteiger partial charge >= 0.3 is 17.9 Å². The molecule has 12 heteroatoms. The monoisotopic (exact) mass is 589 g/mol. The number of anilines is 1. The second kappa shape index (κ2) is 14.0. The minimum absolute atomic E-state index is 0.0493. The fraction of sp³-hybridized carbons (Fsp3) is 0.533. The van der Waals surface area contributed by atoms with Crippen LogP contribution in [0.15, 0.2) is 40.8 Å². The Morgan fingerprint density at radius 1 is 0.929 bits per heavy atom. The Morgan fingerprint density at radius 3 is 1.86 bits per heavy atom. The number of aliphatic carboxylic acids is 3. The SMILES string of the molecule is CC(=O)Nc1ccc(CN(Cc2ccc(C)o2)C2CC(C)(C)NC(C)(C)C2)cc1.O=C(O)CC(O)(CC(=O)O)C(=O)O. The summed E-state index contributed by atoms with van der Waals surface area (Å²) in [5, 5.41) is 40.4. The van der Waals surface area contributed by atoms with Crippen molar-refractivity contribution in [2.75, 3.05) is 5.32 Å². The van der Waals surface area contributed by atoms with Gasteiger partial charge in [-0.15, -0.1) is 0 Å². The van der Waals surface area contributed by atoms with E-state index in [0.717, 1.165) is 43.1 Å². The molecule has 0 radical (unpaired) electrons. The average Bonchev–Trinajstić information content (AvgIpc) is 3.21. The quantitative estimate of drug-likeness (QED) is 0.224. The first-order chi connectivity index (χ1) is 19.3. The van der Waals surface area contributed by atoms with Gasteiger partial charge in [0.05, 0.1) is 19.4 Å². The number of hydrogen-bond acceptors (Lipinski definition) is 8.